The summed E-state index contributed by atoms with van der Waals surface area (Å²) < 4.78 is 5.82. The van der Waals surface area contributed by atoms with Crippen LogP contribution in [0, 0.1) is 5.92 Å². The van der Waals surface area contributed by atoms with Gasteiger partial charge in [0.25, 0.3) is 5.91 Å². The van der Waals surface area contributed by atoms with E-state index in [4.69, 9.17) is 16.3 Å². The SMILES string of the molecule is CC[C@H](Oc1cccc(Cl)c1)C(=O)N1CCC[C@H](C)C1. The highest BCUT2D eigenvalue weighted by molar-refractivity contribution is 6.30. The van der Waals surface area contributed by atoms with Crippen LogP contribution in [0.4, 0.5) is 0 Å². The first kappa shape index (κ1) is 15.2. The van der Waals surface area contributed by atoms with E-state index in [0.717, 1.165) is 19.5 Å². The van der Waals surface area contributed by atoms with Gasteiger partial charge in [-0.1, -0.05) is 31.5 Å². The number of hydrogen-bond donors (Lipinski definition) is 0. The maximum absolute atomic E-state index is 12.5. The molecule has 0 aromatic heterocycles. The first-order valence-corrected chi connectivity index (χ1v) is 7.69. The van der Waals surface area contributed by atoms with E-state index in [1.165, 1.54) is 6.42 Å². The van der Waals surface area contributed by atoms with Crippen molar-refractivity contribution in [2.45, 2.75) is 39.2 Å². The quantitative estimate of drug-likeness (QED) is 0.846. The number of carbonyl (C=O) groups is 1. The van der Waals surface area contributed by atoms with Crippen LogP contribution in [0.2, 0.25) is 5.02 Å². The fourth-order valence-electron chi connectivity index (χ4n) is 2.61. The summed E-state index contributed by atoms with van der Waals surface area (Å²) in [6, 6.07) is 7.21. The Balaban J connectivity index is 2.02. The predicted octanol–water partition coefficient (Wildman–Crippen LogP) is 3.76. The molecular weight excluding hydrogens is 274 g/mol. The smallest absolute Gasteiger partial charge is 0.263 e. The van der Waals surface area contributed by atoms with Crippen LogP contribution in [0.3, 0.4) is 0 Å². The van der Waals surface area contributed by atoms with Crippen LogP contribution in [-0.2, 0) is 4.79 Å². The van der Waals surface area contributed by atoms with Crippen LogP contribution in [0.15, 0.2) is 24.3 Å². The van der Waals surface area contributed by atoms with E-state index >= 15 is 0 Å². The molecule has 0 radical (unpaired) electrons. The number of amides is 1. The van der Waals surface area contributed by atoms with Crippen molar-refractivity contribution in [3.8, 4) is 5.75 Å². The monoisotopic (exact) mass is 295 g/mol. The highest BCUT2D eigenvalue weighted by Crippen LogP contribution is 2.21. The van der Waals surface area contributed by atoms with Gasteiger partial charge in [-0.05, 0) is 43.4 Å². The number of benzene rings is 1. The van der Waals surface area contributed by atoms with Crippen molar-refractivity contribution in [2.75, 3.05) is 13.1 Å². The third-order valence-electron chi connectivity index (χ3n) is 3.69. The average Bonchev–Trinajstić information content (AvgIpc) is 2.44. The lowest BCUT2D eigenvalue weighted by atomic mass is 9.99. The highest BCUT2D eigenvalue weighted by Gasteiger charge is 2.27. The number of likely N-dealkylation sites (tertiary alicyclic amines) is 1. The van der Waals surface area contributed by atoms with E-state index in [2.05, 4.69) is 6.92 Å². The Morgan fingerprint density at radius 2 is 2.35 bits per heavy atom. The summed E-state index contributed by atoms with van der Waals surface area (Å²) in [6.45, 7) is 5.85. The van der Waals surface area contributed by atoms with E-state index < -0.39 is 6.10 Å². The maximum atomic E-state index is 12.5. The Morgan fingerprint density at radius 1 is 1.55 bits per heavy atom. The van der Waals surface area contributed by atoms with Crippen molar-refractivity contribution in [3.63, 3.8) is 0 Å². The van der Waals surface area contributed by atoms with Crippen molar-refractivity contribution in [2.24, 2.45) is 5.92 Å². The van der Waals surface area contributed by atoms with Crippen molar-refractivity contribution in [1.29, 1.82) is 0 Å². The molecule has 0 saturated carbocycles. The van der Waals surface area contributed by atoms with Gasteiger partial charge in [0.1, 0.15) is 5.75 Å². The Morgan fingerprint density at radius 3 is 3.00 bits per heavy atom. The molecule has 1 fully saturated rings. The van der Waals surface area contributed by atoms with Gasteiger partial charge in [-0.2, -0.15) is 0 Å². The molecule has 1 aliphatic heterocycles. The zero-order valence-corrected chi connectivity index (χ0v) is 12.9. The summed E-state index contributed by atoms with van der Waals surface area (Å²) >= 11 is 5.94. The molecule has 3 nitrogen and oxygen atoms in total. The third kappa shape index (κ3) is 3.89. The molecule has 1 amide bonds. The molecule has 110 valence electrons. The Kier molecular flexibility index (Phi) is 5.30. The lowest BCUT2D eigenvalue weighted by Crippen LogP contribution is -2.46. The Bertz CT molecular complexity index is 464. The molecule has 1 aliphatic rings. The van der Waals surface area contributed by atoms with E-state index in [0.29, 0.717) is 23.1 Å². The van der Waals surface area contributed by atoms with Crippen LogP contribution >= 0.6 is 11.6 Å². The molecule has 0 aliphatic carbocycles. The molecule has 1 aromatic rings. The molecule has 2 rings (SSSR count). The van der Waals surface area contributed by atoms with Crippen LogP contribution < -0.4 is 4.74 Å². The number of nitrogens with zero attached hydrogens (tertiary/aromatic N) is 1. The van der Waals surface area contributed by atoms with Crippen LogP contribution in [0.25, 0.3) is 0 Å². The minimum atomic E-state index is -0.418. The van der Waals surface area contributed by atoms with Crippen LogP contribution in [-0.4, -0.2) is 30.0 Å². The van der Waals surface area contributed by atoms with Crippen LogP contribution in [0.1, 0.15) is 33.1 Å². The Hall–Kier alpha value is -1.22. The highest BCUT2D eigenvalue weighted by atomic mass is 35.5. The molecule has 0 unspecified atom stereocenters. The van der Waals surface area contributed by atoms with Gasteiger partial charge in [0.05, 0.1) is 0 Å². The van der Waals surface area contributed by atoms with Gasteiger partial charge >= 0.3 is 0 Å². The standard InChI is InChI=1S/C16H22ClNO2/c1-3-15(20-14-8-4-7-13(17)10-14)16(19)18-9-5-6-12(2)11-18/h4,7-8,10,12,15H,3,5-6,9,11H2,1-2H3/t12-,15-/m0/s1. The molecule has 1 aromatic carbocycles. The Labute approximate surface area is 125 Å². The molecule has 0 bridgehead atoms. The number of halogens is 1. The summed E-state index contributed by atoms with van der Waals surface area (Å²) in [5, 5.41) is 0.622. The fourth-order valence-corrected chi connectivity index (χ4v) is 2.79. The molecular formula is C16H22ClNO2. The third-order valence-corrected chi connectivity index (χ3v) is 3.92. The molecule has 2 atom stereocenters. The summed E-state index contributed by atoms with van der Waals surface area (Å²) in [6.07, 6.45) is 2.53. The van der Waals surface area contributed by atoms with Gasteiger partial charge < -0.3 is 9.64 Å². The maximum Gasteiger partial charge on any atom is 0.263 e. The summed E-state index contributed by atoms with van der Waals surface area (Å²) in [5.74, 6) is 1.33. The second-order valence-electron chi connectivity index (χ2n) is 5.50. The van der Waals surface area contributed by atoms with Crippen LogP contribution in [0.5, 0.6) is 5.75 Å². The summed E-state index contributed by atoms with van der Waals surface area (Å²) in [7, 11) is 0. The van der Waals surface area contributed by atoms with E-state index in [1.54, 1.807) is 12.1 Å². The van der Waals surface area contributed by atoms with Gasteiger partial charge in [0.2, 0.25) is 0 Å². The lowest BCUT2D eigenvalue weighted by Gasteiger charge is -2.33. The zero-order valence-electron chi connectivity index (χ0n) is 12.1. The van der Waals surface area contributed by atoms with Gasteiger partial charge in [-0.3, -0.25) is 4.79 Å². The predicted molar refractivity (Wildman–Crippen MR) is 81.1 cm³/mol. The summed E-state index contributed by atoms with van der Waals surface area (Å²) in [4.78, 5) is 14.5. The molecule has 20 heavy (non-hydrogen) atoms. The van der Waals surface area contributed by atoms with E-state index in [1.807, 2.05) is 24.0 Å². The topological polar surface area (TPSA) is 29.5 Å². The van der Waals surface area contributed by atoms with Gasteiger partial charge in [-0.15, -0.1) is 0 Å². The van der Waals surface area contributed by atoms with Gasteiger partial charge in [0.15, 0.2) is 6.10 Å². The van der Waals surface area contributed by atoms with Gasteiger partial charge in [-0.25, -0.2) is 0 Å². The number of hydrogen-bond acceptors (Lipinski definition) is 2. The van der Waals surface area contributed by atoms with E-state index in [-0.39, 0.29) is 5.91 Å². The molecule has 0 spiro atoms. The first-order valence-electron chi connectivity index (χ1n) is 7.31. The van der Waals surface area contributed by atoms with E-state index in [9.17, 15) is 4.79 Å². The fraction of sp³-hybridized carbons (Fsp3) is 0.562. The lowest BCUT2D eigenvalue weighted by molar-refractivity contribution is -0.140. The van der Waals surface area contributed by atoms with Gasteiger partial charge in [0, 0.05) is 18.1 Å². The largest absolute Gasteiger partial charge is 0.481 e. The molecule has 0 N–H and O–H groups in total. The number of piperidine rings is 1. The number of carbonyl (C=O) groups excluding carboxylic acids is 1. The number of rotatable bonds is 4. The second kappa shape index (κ2) is 6.98. The normalized spacial score (nSPS) is 20.6. The van der Waals surface area contributed by atoms with Crippen molar-refractivity contribution in [3.05, 3.63) is 29.3 Å². The minimum absolute atomic E-state index is 0.0963. The first-order chi connectivity index (χ1) is 9.60. The summed E-state index contributed by atoms with van der Waals surface area (Å²) in [5.41, 5.74) is 0. The molecule has 1 heterocycles. The average molecular weight is 296 g/mol. The molecule has 4 heteroatoms. The van der Waals surface area contributed by atoms with Crippen molar-refractivity contribution < 1.29 is 9.53 Å². The zero-order chi connectivity index (χ0) is 14.5. The second-order valence-corrected chi connectivity index (χ2v) is 5.94. The van der Waals surface area contributed by atoms with Crippen molar-refractivity contribution >= 4 is 17.5 Å². The molecule has 1 saturated heterocycles. The number of ether oxygens (including phenoxy) is 1. The minimum Gasteiger partial charge on any atom is -0.481 e. The van der Waals surface area contributed by atoms with Crippen molar-refractivity contribution in [1.82, 2.24) is 4.90 Å².